The Morgan fingerprint density at radius 3 is 2.45 bits per heavy atom. The molecular weight excluding hydrogens is 188 g/mol. The summed E-state index contributed by atoms with van der Waals surface area (Å²) < 4.78 is 20.7. The van der Waals surface area contributed by atoms with Crippen LogP contribution in [-0.4, -0.2) is 25.7 Å². The monoisotopic (exact) mass is 198 g/mol. The third kappa shape index (κ3) is 2.29. The van der Waals surface area contributed by atoms with E-state index in [0.29, 0.717) is 0 Å². The number of primary sulfonamides is 1. The molecule has 66 valence electrons. The van der Waals surface area contributed by atoms with Crippen LogP contribution in [0.25, 0.3) is 0 Å². The lowest BCUT2D eigenvalue weighted by molar-refractivity contribution is 0.523. The fraction of sp³-hybridized carbons (Fsp3) is 1.00. The molecule has 2 unspecified atom stereocenters. The van der Waals surface area contributed by atoms with E-state index in [1.165, 1.54) is 11.8 Å². The molecule has 1 aliphatic rings. The quantitative estimate of drug-likeness (QED) is 0.406. The van der Waals surface area contributed by atoms with E-state index in [4.69, 9.17) is 5.14 Å². The molecule has 1 fully saturated rings. The Bertz CT molecular complexity index is 227. The molecule has 6 nitrogen and oxygen atoms in total. The van der Waals surface area contributed by atoms with Gasteiger partial charge < -0.3 is 0 Å². The Balaban J connectivity index is 2.55. The zero-order valence-electron chi connectivity index (χ0n) is 5.87. The number of hydrogen-bond acceptors (Lipinski definition) is 6. The summed E-state index contributed by atoms with van der Waals surface area (Å²) in [6.45, 7) is 0. The second-order valence-corrected chi connectivity index (χ2v) is 5.18. The molecule has 11 heavy (non-hydrogen) atoms. The number of hydrazine groups is 1. The van der Waals surface area contributed by atoms with Crippen molar-refractivity contribution >= 4 is 21.8 Å². The Kier molecular flexibility index (Phi) is 2.73. The number of rotatable bonds is 2. The predicted octanol–water partition coefficient (Wildman–Crippen LogP) is -2.10. The fourth-order valence-corrected chi connectivity index (χ4v) is 2.48. The molecule has 0 aromatic heterocycles. The van der Waals surface area contributed by atoms with Gasteiger partial charge in [0.2, 0.25) is 10.0 Å². The molecular formula is C3H10N4O2S2. The maximum absolute atomic E-state index is 10.7. The summed E-state index contributed by atoms with van der Waals surface area (Å²) in [7, 11) is -1.78. The van der Waals surface area contributed by atoms with Gasteiger partial charge in [-0.15, -0.1) is 0 Å². The van der Waals surface area contributed by atoms with E-state index in [1.807, 2.05) is 0 Å². The Morgan fingerprint density at radius 2 is 2.18 bits per heavy atom. The highest BCUT2D eigenvalue weighted by Crippen LogP contribution is 2.19. The van der Waals surface area contributed by atoms with Gasteiger partial charge in [0.25, 0.3) is 0 Å². The number of nitrogens with two attached hydrogens (primary N) is 1. The highest BCUT2D eigenvalue weighted by molar-refractivity contribution is 8.13. The molecule has 0 radical (unpaired) electrons. The zero-order chi connectivity index (χ0) is 8.48. The van der Waals surface area contributed by atoms with Crippen LogP contribution >= 0.6 is 11.8 Å². The molecule has 1 rings (SSSR count). The zero-order valence-corrected chi connectivity index (χ0v) is 7.50. The SMILES string of the molecule is CNC1NNC(S(N)(=O)=O)S1. The third-order valence-corrected chi connectivity index (χ3v) is 4.00. The molecule has 0 amide bonds. The summed E-state index contributed by atoms with van der Waals surface area (Å²) in [5.74, 6) is 0. The van der Waals surface area contributed by atoms with Gasteiger partial charge in [0.1, 0.15) is 5.50 Å². The largest absolute Gasteiger partial charge is 0.295 e. The molecule has 0 aliphatic carbocycles. The lowest BCUT2D eigenvalue weighted by atomic mass is 11.0. The molecule has 0 aromatic carbocycles. The van der Waals surface area contributed by atoms with Crippen LogP contribution in [0, 0.1) is 0 Å². The number of thioether (sulfide) groups is 1. The summed E-state index contributed by atoms with van der Waals surface area (Å²) in [6, 6.07) is 0. The van der Waals surface area contributed by atoms with Crippen LogP contribution in [0.3, 0.4) is 0 Å². The average Bonchev–Trinajstić information content (AvgIpc) is 2.32. The van der Waals surface area contributed by atoms with Crippen molar-refractivity contribution in [3.8, 4) is 0 Å². The second kappa shape index (κ2) is 3.25. The predicted molar refractivity (Wildman–Crippen MR) is 43.6 cm³/mol. The molecule has 1 aliphatic heterocycles. The number of nitrogens with one attached hydrogen (secondary N) is 3. The minimum Gasteiger partial charge on any atom is -0.295 e. The van der Waals surface area contributed by atoms with Crippen molar-refractivity contribution in [3.05, 3.63) is 0 Å². The van der Waals surface area contributed by atoms with Gasteiger partial charge in [0.15, 0.2) is 4.71 Å². The van der Waals surface area contributed by atoms with Crippen molar-refractivity contribution in [1.29, 1.82) is 0 Å². The smallest absolute Gasteiger partial charge is 0.236 e. The third-order valence-electron chi connectivity index (χ3n) is 1.15. The van der Waals surface area contributed by atoms with Gasteiger partial charge in [-0.1, -0.05) is 11.8 Å². The van der Waals surface area contributed by atoms with Crippen LogP contribution in [0.4, 0.5) is 0 Å². The summed E-state index contributed by atoms with van der Waals surface area (Å²) in [5, 5.41) is 7.71. The molecule has 0 spiro atoms. The highest BCUT2D eigenvalue weighted by atomic mass is 32.3. The molecule has 8 heteroatoms. The van der Waals surface area contributed by atoms with Gasteiger partial charge in [-0.05, 0) is 7.05 Å². The first-order valence-corrected chi connectivity index (χ1v) is 5.44. The van der Waals surface area contributed by atoms with E-state index in [2.05, 4.69) is 16.2 Å². The maximum Gasteiger partial charge on any atom is 0.236 e. The van der Waals surface area contributed by atoms with Gasteiger partial charge >= 0.3 is 0 Å². The fourth-order valence-electron chi connectivity index (χ4n) is 0.635. The highest BCUT2D eigenvalue weighted by Gasteiger charge is 2.31. The van der Waals surface area contributed by atoms with E-state index < -0.39 is 14.7 Å². The summed E-state index contributed by atoms with van der Waals surface area (Å²) in [6.07, 6.45) is 0. The van der Waals surface area contributed by atoms with Crippen LogP contribution in [0.1, 0.15) is 0 Å². The molecule has 1 heterocycles. The van der Waals surface area contributed by atoms with E-state index in [9.17, 15) is 8.42 Å². The van der Waals surface area contributed by atoms with Gasteiger partial charge in [0, 0.05) is 0 Å². The Hall–Kier alpha value is 0.140. The van der Waals surface area contributed by atoms with Crippen LogP contribution in [0.5, 0.6) is 0 Å². The van der Waals surface area contributed by atoms with Crippen LogP contribution in [0.15, 0.2) is 0 Å². The van der Waals surface area contributed by atoms with E-state index in [-0.39, 0.29) is 5.50 Å². The topological polar surface area (TPSA) is 96.2 Å². The first-order chi connectivity index (χ1) is 5.04. The molecule has 1 saturated heterocycles. The van der Waals surface area contributed by atoms with Crippen molar-refractivity contribution < 1.29 is 8.42 Å². The summed E-state index contributed by atoms with van der Waals surface area (Å²) in [4.78, 5) is 0. The van der Waals surface area contributed by atoms with Gasteiger partial charge in [-0.25, -0.2) is 24.4 Å². The van der Waals surface area contributed by atoms with E-state index >= 15 is 0 Å². The van der Waals surface area contributed by atoms with Gasteiger partial charge in [0.05, 0.1) is 0 Å². The lowest BCUT2D eigenvalue weighted by Crippen LogP contribution is -2.42. The first-order valence-electron chi connectivity index (χ1n) is 2.89. The van der Waals surface area contributed by atoms with Crippen LogP contribution < -0.4 is 21.3 Å². The number of hydrogen-bond donors (Lipinski definition) is 4. The van der Waals surface area contributed by atoms with Crippen molar-refractivity contribution in [3.63, 3.8) is 0 Å². The van der Waals surface area contributed by atoms with E-state index in [0.717, 1.165) is 0 Å². The summed E-state index contributed by atoms with van der Waals surface area (Å²) in [5.41, 5.74) is 5.13. The van der Waals surface area contributed by atoms with Gasteiger partial charge in [-0.2, -0.15) is 0 Å². The van der Waals surface area contributed by atoms with Crippen molar-refractivity contribution in [2.24, 2.45) is 5.14 Å². The van der Waals surface area contributed by atoms with Crippen LogP contribution in [0.2, 0.25) is 0 Å². The minimum absolute atomic E-state index is 0.113. The van der Waals surface area contributed by atoms with E-state index in [1.54, 1.807) is 7.05 Å². The second-order valence-electron chi connectivity index (χ2n) is 2.01. The molecule has 0 aromatic rings. The van der Waals surface area contributed by atoms with Crippen molar-refractivity contribution in [2.75, 3.05) is 7.05 Å². The normalized spacial score (nSPS) is 32.5. The lowest BCUT2D eigenvalue weighted by Gasteiger charge is -2.04. The Labute approximate surface area is 69.3 Å². The molecule has 2 atom stereocenters. The standard InChI is InChI=1S/C3H10N4O2S2/c1-5-2-6-7-3(10-2)11(4,8)9/h2-3,5-7H,1H3,(H2,4,8,9). The summed E-state index contributed by atoms with van der Waals surface area (Å²) >= 11 is 1.17. The molecule has 5 N–H and O–H groups in total. The maximum atomic E-state index is 10.7. The number of sulfonamides is 1. The minimum atomic E-state index is -3.50. The Morgan fingerprint density at radius 1 is 1.55 bits per heavy atom. The molecule has 0 bridgehead atoms. The average molecular weight is 198 g/mol. The van der Waals surface area contributed by atoms with Gasteiger partial charge in [-0.3, -0.25) is 5.32 Å². The molecule has 0 saturated carbocycles. The van der Waals surface area contributed by atoms with Crippen LogP contribution in [-0.2, 0) is 10.0 Å². The van der Waals surface area contributed by atoms with Crippen molar-refractivity contribution in [2.45, 2.75) is 10.2 Å². The van der Waals surface area contributed by atoms with Crippen molar-refractivity contribution in [1.82, 2.24) is 16.2 Å². The first kappa shape index (κ1) is 9.23.